The molecule has 108 valence electrons. The lowest BCUT2D eigenvalue weighted by Gasteiger charge is -2.58. The van der Waals surface area contributed by atoms with E-state index in [1.54, 1.807) is 0 Å². The van der Waals surface area contributed by atoms with Crippen LogP contribution in [-0.2, 0) is 0 Å². The summed E-state index contributed by atoms with van der Waals surface area (Å²) in [6, 6.07) is 11.8. The average molecular weight is 271 g/mol. The molecule has 5 rings (SSSR count). The van der Waals surface area contributed by atoms with Gasteiger partial charge in [0, 0.05) is 12.1 Å². The fourth-order valence-corrected chi connectivity index (χ4v) is 5.38. The molecule has 0 heterocycles. The minimum atomic E-state index is -0.315. The molecule has 4 fully saturated rings. The number of hydrogen-bond donors (Lipinski definition) is 2. The molecule has 0 radical (unpaired) electrons. The van der Waals surface area contributed by atoms with Gasteiger partial charge >= 0.3 is 0 Å². The van der Waals surface area contributed by atoms with Crippen molar-refractivity contribution in [2.75, 3.05) is 0 Å². The molecule has 0 spiro atoms. The van der Waals surface area contributed by atoms with E-state index < -0.39 is 0 Å². The second-order valence-electron chi connectivity index (χ2n) is 7.52. The average Bonchev–Trinajstić information content (AvgIpc) is 2.42. The topological polar surface area (TPSA) is 32.3 Å². The third-order valence-electron chi connectivity index (χ3n) is 5.98. The van der Waals surface area contributed by atoms with Gasteiger partial charge in [-0.25, -0.2) is 0 Å². The number of hydrogen-bond acceptors (Lipinski definition) is 2. The number of rotatable bonds is 3. The smallest absolute Gasteiger partial charge is 0.0657 e. The Morgan fingerprint density at radius 3 is 2.35 bits per heavy atom. The van der Waals surface area contributed by atoms with Crippen LogP contribution in [0.1, 0.15) is 50.6 Å². The van der Waals surface area contributed by atoms with Crippen molar-refractivity contribution in [1.82, 2.24) is 5.32 Å². The zero-order chi connectivity index (χ0) is 13.7. The summed E-state index contributed by atoms with van der Waals surface area (Å²) in [4.78, 5) is 0. The third kappa shape index (κ3) is 2.10. The molecule has 0 aromatic heterocycles. The summed E-state index contributed by atoms with van der Waals surface area (Å²) in [7, 11) is 0. The molecule has 0 saturated heterocycles. The minimum absolute atomic E-state index is 0.315. The van der Waals surface area contributed by atoms with Crippen LogP contribution >= 0.6 is 0 Å². The van der Waals surface area contributed by atoms with Gasteiger partial charge in [-0.3, -0.25) is 0 Å². The predicted octanol–water partition coefficient (Wildman–Crippen LogP) is 3.28. The largest absolute Gasteiger partial charge is 0.390 e. The van der Waals surface area contributed by atoms with Crippen molar-refractivity contribution >= 4 is 0 Å². The van der Waals surface area contributed by atoms with E-state index in [2.05, 4.69) is 42.6 Å². The zero-order valence-corrected chi connectivity index (χ0v) is 12.3. The molecule has 4 aliphatic rings. The Morgan fingerprint density at radius 1 is 1.10 bits per heavy atom. The lowest BCUT2D eigenvalue weighted by atomic mass is 9.52. The van der Waals surface area contributed by atoms with Gasteiger partial charge in [-0.1, -0.05) is 30.3 Å². The van der Waals surface area contributed by atoms with Gasteiger partial charge in [0.25, 0.3) is 0 Å². The second-order valence-corrected chi connectivity index (χ2v) is 7.52. The van der Waals surface area contributed by atoms with Gasteiger partial charge in [0.15, 0.2) is 0 Å². The summed E-state index contributed by atoms with van der Waals surface area (Å²) in [5.74, 6) is 2.18. The van der Waals surface area contributed by atoms with E-state index in [9.17, 15) is 5.11 Å². The van der Waals surface area contributed by atoms with Gasteiger partial charge in [-0.15, -0.1) is 0 Å². The van der Waals surface area contributed by atoms with E-state index in [0.717, 1.165) is 25.2 Å². The summed E-state index contributed by atoms with van der Waals surface area (Å²) in [6.07, 6.45) is 5.79. The molecule has 20 heavy (non-hydrogen) atoms. The molecule has 0 aliphatic heterocycles. The monoisotopic (exact) mass is 271 g/mol. The van der Waals surface area contributed by atoms with Gasteiger partial charge in [-0.2, -0.15) is 0 Å². The fraction of sp³-hybridized carbons (Fsp3) is 0.667. The molecule has 2 nitrogen and oxygen atoms in total. The molecule has 2 N–H and O–H groups in total. The van der Waals surface area contributed by atoms with Gasteiger partial charge in [0.1, 0.15) is 0 Å². The molecule has 2 heteroatoms. The number of nitrogens with one attached hydrogen (secondary N) is 1. The first-order valence-electron chi connectivity index (χ1n) is 8.16. The summed E-state index contributed by atoms with van der Waals surface area (Å²) in [6.45, 7) is 2.27. The Balaban J connectivity index is 1.50. The van der Waals surface area contributed by atoms with Gasteiger partial charge < -0.3 is 10.4 Å². The summed E-state index contributed by atoms with van der Waals surface area (Å²) in [5.41, 5.74) is 1.06. The van der Waals surface area contributed by atoms with E-state index in [4.69, 9.17) is 0 Å². The number of benzene rings is 1. The Morgan fingerprint density at radius 2 is 1.75 bits per heavy atom. The van der Waals surface area contributed by atoms with Crippen LogP contribution < -0.4 is 5.32 Å². The van der Waals surface area contributed by atoms with Crippen LogP contribution in [0.5, 0.6) is 0 Å². The molecule has 1 aromatic carbocycles. The van der Waals surface area contributed by atoms with Crippen LogP contribution in [0.4, 0.5) is 0 Å². The second kappa shape index (κ2) is 4.57. The van der Waals surface area contributed by atoms with Crippen molar-refractivity contribution in [2.45, 2.75) is 56.7 Å². The standard InChI is InChI=1S/C18H25NO/c1-12(14-5-3-2-4-6-14)19-17-15-7-13-8-16(17)11-18(20,9-13)10-15/h2-6,12-13,15-17,19-20H,7-11H2,1H3/t12-,13?,15-,16?,17?,18?/m0/s1. The Hall–Kier alpha value is -0.860. The molecule has 0 amide bonds. The fourth-order valence-electron chi connectivity index (χ4n) is 5.38. The molecule has 4 unspecified atom stereocenters. The Kier molecular flexibility index (Phi) is 2.94. The van der Waals surface area contributed by atoms with Crippen LogP contribution in [0.15, 0.2) is 30.3 Å². The van der Waals surface area contributed by atoms with E-state index in [0.29, 0.717) is 23.9 Å². The van der Waals surface area contributed by atoms with E-state index >= 15 is 0 Å². The Bertz CT molecular complexity index is 469. The SMILES string of the molecule is C[C@H](NC1C2CC3C[C@H]1CC(O)(C3)C2)c1ccccc1. The first-order valence-corrected chi connectivity index (χ1v) is 8.16. The lowest BCUT2D eigenvalue weighted by molar-refractivity contribution is -0.139. The lowest BCUT2D eigenvalue weighted by Crippen LogP contribution is -2.61. The first kappa shape index (κ1) is 12.8. The van der Waals surface area contributed by atoms with E-state index in [1.165, 1.54) is 18.4 Å². The van der Waals surface area contributed by atoms with Crippen LogP contribution in [0, 0.1) is 17.8 Å². The molecule has 1 aromatic rings. The highest BCUT2D eigenvalue weighted by atomic mass is 16.3. The summed E-state index contributed by atoms with van der Waals surface area (Å²) < 4.78 is 0. The molecule has 4 aliphatic carbocycles. The summed E-state index contributed by atoms with van der Waals surface area (Å²) >= 11 is 0. The summed E-state index contributed by atoms with van der Waals surface area (Å²) in [5, 5.41) is 14.5. The highest BCUT2D eigenvalue weighted by Gasteiger charge is 2.54. The third-order valence-corrected chi connectivity index (χ3v) is 5.98. The molecule has 4 saturated carbocycles. The predicted molar refractivity (Wildman–Crippen MR) is 80.3 cm³/mol. The van der Waals surface area contributed by atoms with Crippen LogP contribution in [0.2, 0.25) is 0 Å². The minimum Gasteiger partial charge on any atom is -0.390 e. The maximum atomic E-state index is 10.6. The van der Waals surface area contributed by atoms with Crippen LogP contribution in [-0.4, -0.2) is 16.7 Å². The quantitative estimate of drug-likeness (QED) is 0.884. The van der Waals surface area contributed by atoms with Crippen molar-refractivity contribution in [1.29, 1.82) is 0 Å². The van der Waals surface area contributed by atoms with Crippen molar-refractivity contribution in [3.05, 3.63) is 35.9 Å². The van der Waals surface area contributed by atoms with Gasteiger partial charge in [0.2, 0.25) is 0 Å². The highest BCUT2D eigenvalue weighted by Crippen LogP contribution is 2.55. The van der Waals surface area contributed by atoms with Crippen molar-refractivity contribution in [3.8, 4) is 0 Å². The van der Waals surface area contributed by atoms with Crippen LogP contribution in [0.3, 0.4) is 0 Å². The number of aliphatic hydroxyl groups is 1. The molecular formula is C18H25NO. The van der Waals surface area contributed by atoms with Crippen molar-refractivity contribution in [2.24, 2.45) is 17.8 Å². The zero-order valence-electron chi connectivity index (χ0n) is 12.3. The maximum Gasteiger partial charge on any atom is 0.0657 e. The van der Waals surface area contributed by atoms with Gasteiger partial charge in [-0.05, 0) is 62.3 Å². The normalized spacial score (nSPS) is 43.7. The van der Waals surface area contributed by atoms with Crippen molar-refractivity contribution < 1.29 is 5.11 Å². The van der Waals surface area contributed by atoms with Crippen LogP contribution in [0.25, 0.3) is 0 Å². The van der Waals surface area contributed by atoms with E-state index in [-0.39, 0.29) is 5.60 Å². The maximum absolute atomic E-state index is 10.6. The molecule has 4 bridgehead atoms. The molecular weight excluding hydrogens is 246 g/mol. The van der Waals surface area contributed by atoms with Gasteiger partial charge in [0.05, 0.1) is 5.60 Å². The first-order chi connectivity index (χ1) is 9.63. The van der Waals surface area contributed by atoms with E-state index in [1.807, 2.05) is 0 Å². The van der Waals surface area contributed by atoms with Crippen molar-refractivity contribution in [3.63, 3.8) is 0 Å². The highest BCUT2D eigenvalue weighted by molar-refractivity contribution is 5.19. The Labute approximate surface area is 121 Å². The molecule has 6 atom stereocenters.